The maximum Gasteiger partial charge on any atom is 0.416 e. The average molecular weight is 471 g/mol. The smallest absolute Gasteiger partial charge is 0.390 e. The van der Waals surface area contributed by atoms with Crippen molar-refractivity contribution in [2.75, 3.05) is 0 Å². The predicted molar refractivity (Wildman–Crippen MR) is 126 cm³/mol. The summed E-state index contributed by atoms with van der Waals surface area (Å²) in [5.74, 6) is 2.55. The first-order chi connectivity index (χ1) is 15.1. The van der Waals surface area contributed by atoms with Crippen molar-refractivity contribution >= 4 is 0 Å². The van der Waals surface area contributed by atoms with Gasteiger partial charge in [0.2, 0.25) is 0 Å². The van der Waals surface area contributed by atoms with Crippen molar-refractivity contribution in [3.05, 3.63) is 11.6 Å². The number of rotatable bonds is 4. The van der Waals surface area contributed by atoms with Crippen molar-refractivity contribution in [3.63, 3.8) is 0 Å². The Balaban J connectivity index is 1.49. The van der Waals surface area contributed by atoms with Crippen LogP contribution in [0.15, 0.2) is 11.6 Å². The molecule has 4 aliphatic carbocycles. The molecule has 0 aromatic rings. The molecular formula is C28H45F3O2. The first kappa shape index (κ1) is 25.5. The van der Waals surface area contributed by atoms with Gasteiger partial charge in [0.25, 0.3) is 0 Å². The molecule has 0 aliphatic heterocycles. The van der Waals surface area contributed by atoms with Gasteiger partial charge in [-0.3, -0.25) is 0 Å². The molecule has 0 bridgehead atoms. The molecular weight excluding hydrogens is 425 g/mol. The molecule has 33 heavy (non-hydrogen) atoms. The molecule has 0 saturated heterocycles. The molecule has 0 radical (unpaired) electrons. The monoisotopic (exact) mass is 470 g/mol. The number of hydrogen-bond acceptors (Lipinski definition) is 2. The van der Waals surface area contributed by atoms with Crippen molar-refractivity contribution in [2.45, 2.75) is 123 Å². The molecule has 0 amide bonds. The molecule has 4 rings (SSSR count). The van der Waals surface area contributed by atoms with Gasteiger partial charge in [-0.15, -0.1) is 0 Å². The third-order valence-electron chi connectivity index (χ3n) is 11.2. The topological polar surface area (TPSA) is 40.5 Å². The van der Waals surface area contributed by atoms with Crippen molar-refractivity contribution < 1.29 is 23.4 Å². The van der Waals surface area contributed by atoms with E-state index >= 15 is 0 Å². The third kappa shape index (κ3) is 4.32. The highest BCUT2D eigenvalue weighted by Gasteiger charge is 2.59. The molecule has 0 aromatic carbocycles. The van der Waals surface area contributed by atoms with Crippen LogP contribution in [0.5, 0.6) is 0 Å². The van der Waals surface area contributed by atoms with E-state index in [4.69, 9.17) is 0 Å². The molecule has 0 unspecified atom stereocenters. The first-order valence-electron chi connectivity index (χ1n) is 13.3. The lowest BCUT2D eigenvalue weighted by atomic mass is 9.48. The predicted octanol–water partition coefficient (Wildman–Crippen LogP) is 7.44. The van der Waals surface area contributed by atoms with Crippen molar-refractivity contribution in [3.8, 4) is 0 Å². The largest absolute Gasteiger partial charge is 0.416 e. The Morgan fingerprint density at radius 3 is 2.39 bits per heavy atom. The van der Waals surface area contributed by atoms with Gasteiger partial charge >= 0.3 is 6.18 Å². The van der Waals surface area contributed by atoms with Gasteiger partial charge in [0.05, 0.1) is 5.60 Å². The minimum Gasteiger partial charge on any atom is -0.390 e. The van der Waals surface area contributed by atoms with Gasteiger partial charge in [0.1, 0.15) is 0 Å². The summed E-state index contributed by atoms with van der Waals surface area (Å²) in [7, 11) is 0. The molecule has 3 saturated carbocycles. The maximum absolute atomic E-state index is 13.2. The molecule has 3 fully saturated rings. The van der Waals surface area contributed by atoms with Crippen molar-refractivity contribution in [1.82, 2.24) is 0 Å². The van der Waals surface area contributed by atoms with E-state index in [0.29, 0.717) is 30.1 Å². The highest BCUT2D eigenvalue weighted by Crippen LogP contribution is 2.67. The van der Waals surface area contributed by atoms with Gasteiger partial charge in [-0.2, -0.15) is 13.2 Å². The molecule has 9 atom stereocenters. The number of allylic oxidation sites excluding steroid dienone is 2. The molecule has 0 aromatic heterocycles. The lowest BCUT2D eigenvalue weighted by molar-refractivity contribution is -0.256. The van der Waals surface area contributed by atoms with Crippen LogP contribution in [0.2, 0.25) is 0 Å². The summed E-state index contributed by atoms with van der Waals surface area (Å²) >= 11 is 0. The number of hydrogen-bond donors (Lipinski definition) is 2. The van der Waals surface area contributed by atoms with Gasteiger partial charge in [0, 0.05) is 0 Å². The fourth-order valence-corrected chi connectivity index (χ4v) is 8.78. The molecule has 2 nitrogen and oxygen atoms in total. The van der Waals surface area contributed by atoms with E-state index in [1.54, 1.807) is 5.57 Å². The lowest BCUT2D eigenvalue weighted by Gasteiger charge is -2.57. The van der Waals surface area contributed by atoms with Gasteiger partial charge in [0.15, 0.2) is 5.60 Å². The zero-order chi connectivity index (χ0) is 24.4. The van der Waals surface area contributed by atoms with Gasteiger partial charge in [-0.05, 0) is 125 Å². The Morgan fingerprint density at radius 1 is 1.03 bits per heavy atom. The Labute approximate surface area is 198 Å². The minimum absolute atomic E-state index is 0.180. The van der Waals surface area contributed by atoms with Crippen LogP contribution in [0.1, 0.15) is 105 Å². The van der Waals surface area contributed by atoms with Crippen LogP contribution in [0, 0.1) is 40.4 Å². The number of fused-ring (bicyclic) bond motifs is 5. The fourth-order valence-electron chi connectivity index (χ4n) is 8.78. The first-order valence-corrected chi connectivity index (χ1v) is 13.3. The SMILES string of the molecule is C[C@H](CC[C@](C)(O)C(F)(F)F)[C@H]1CC[C@H]2[C@@H]3CC=C4CC[C@](C)(O)CC[C@]4(C)[C@H]3CC[C@]12C. The third-order valence-corrected chi connectivity index (χ3v) is 11.2. The van der Waals surface area contributed by atoms with Crippen LogP contribution in [-0.4, -0.2) is 27.6 Å². The molecule has 0 spiro atoms. The summed E-state index contributed by atoms with van der Waals surface area (Å²) in [6, 6.07) is 0. The Bertz CT molecular complexity index is 770. The second kappa shape index (κ2) is 8.25. The van der Waals surface area contributed by atoms with E-state index in [9.17, 15) is 23.4 Å². The van der Waals surface area contributed by atoms with E-state index < -0.39 is 17.4 Å². The van der Waals surface area contributed by atoms with Crippen molar-refractivity contribution in [2.24, 2.45) is 40.4 Å². The second-order valence-corrected chi connectivity index (χ2v) is 13.3. The zero-order valence-corrected chi connectivity index (χ0v) is 21.3. The summed E-state index contributed by atoms with van der Waals surface area (Å²) in [5.41, 5.74) is -1.23. The quantitative estimate of drug-likeness (QED) is 0.419. The fraction of sp³-hybridized carbons (Fsp3) is 0.929. The summed E-state index contributed by atoms with van der Waals surface area (Å²) in [6.45, 7) is 9.89. The maximum atomic E-state index is 13.2. The van der Waals surface area contributed by atoms with E-state index in [1.807, 2.05) is 6.92 Å². The average Bonchev–Trinajstić information content (AvgIpc) is 3.00. The summed E-state index contributed by atoms with van der Waals surface area (Å²) in [5, 5.41) is 20.7. The number of alkyl halides is 3. The van der Waals surface area contributed by atoms with Crippen LogP contribution in [0.25, 0.3) is 0 Å². The van der Waals surface area contributed by atoms with E-state index in [1.165, 1.54) is 12.8 Å². The highest BCUT2D eigenvalue weighted by molar-refractivity contribution is 5.24. The zero-order valence-electron chi connectivity index (χ0n) is 21.3. The van der Waals surface area contributed by atoms with E-state index in [-0.39, 0.29) is 23.2 Å². The normalized spacial score (nSPS) is 46.3. The second-order valence-electron chi connectivity index (χ2n) is 13.3. The lowest BCUT2D eigenvalue weighted by Crippen LogP contribution is -2.49. The number of halogens is 3. The van der Waals surface area contributed by atoms with Gasteiger partial charge in [-0.25, -0.2) is 0 Å². The van der Waals surface area contributed by atoms with Crippen LogP contribution < -0.4 is 0 Å². The Morgan fingerprint density at radius 2 is 1.73 bits per heavy atom. The highest BCUT2D eigenvalue weighted by atomic mass is 19.4. The molecule has 5 heteroatoms. The molecule has 0 heterocycles. The summed E-state index contributed by atoms with van der Waals surface area (Å²) in [4.78, 5) is 0. The van der Waals surface area contributed by atoms with Crippen molar-refractivity contribution in [1.29, 1.82) is 0 Å². The van der Waals surface area contributed by atoms with E-state index in [2.05, 4.69) is 26.8 Å². The Hall–Kier alpha value is -0.550. The van der Waals surface area contributed by atoms with E-state index in [0.717, 1.165) is 51.9 Å². The summed E-state index contributed by atoms with van der Waals surface area (Å²) in [6.07, 6.45) is 7.68. The van der Waals surface area contributed by atoms with Gasteiger partial charge in [-0.1, -0.05) is 32.4 Å². The van der Waals surface area contributed by atoms with Gasteiger partial charge < -0.3 is 10.2 Å². The number of aliphatic hydroxyl groups is 2. The Kier molecular flexibility index (Phi) is 6.39. The van der Waals surface area contributed by atoms with Crippen LogP contribution in [0.4, 0.5) is 13.2 Å². The molecule has 4 aliphatic rings. The molecule has 190 valence electrons. The minimum atomic E-state index is -4.57. The standard InChI is InChI=1S/C28H45F3O2/c1-18(10-15-27(5,33)28(29,30)31)21-8-9-22-20-7-6-19-11-13-24(2,32)16-17-25(19,3)23(20)12-14-26(21,22)4/h6,18,20-23,32-33H,7-17H2,1-5H3/t18-,20+,21-,22+,23+,24+,25+,26-,27+/m1/s1. The summed E-state index contributed by atoms with van der Waals surface area (Å²) < 4.78 is 39.5. The van der Waals surface area contributed by atoms with Crippen LogP contribution in [0.3, 0.4) is 0 Å². The van der Waals surface area contributed by atoms with Crippen LogP contribution >= 0.6 is 0 Å². The van der Waals surface area contributed by atoms with Crippen LogP contribution in [-0.2, 0) is 0 Å². The molecule has 2 N–H and O–H groups in total.